The van der Waals surface area contributed by atoms with Crippen molar-refractivity contribution in [3.63, 3.8) is 0 Å². The van der Waals surface area contributed by atoms with Crippen LogP contribution < -0.4 is 5.32 Å². The highest BCUT2D eigenvalue weighted by Crippen LogP contribution is 2.33. The third kappa shape index (κ3) is 9.06. The first-order valence-corrected chi connectivity index (χ1v) is 17.0. The predicted octanol–water partition coefficient (Wildman–Crippen LogP) is 5.70. The molecular formula is C33H36N2O7S2. The van der Waals surface area contributed by atoms with Gasteiger partial charge in [0.05, 0.1) is 23.8 Å². The molecule has 0 saturated heterocycles. The van der Waals surface area contributed by atoms with Crippen LogP contribution in [0.15, 0.2) is 79.0 Å². The van der Waals surface area contributed by atoms with Crippen LogP contribution in [-0.2, 0) is 30.7 Å². The van der Waals surface area contributed by atoms with E-state index in [-0.39, 0.29) is 30.4 Å². The molecule has 0 aliphatic heterocycles. The van der Waals surface area contributed by atoms with E-state index in [2.05, 4.69) is 10.3 Å². The number of nitrogens with one attached hydrogen (secondary N) is 1. The van der Waals surface area contributed by atoms with Gasteiger partial charge < -0.3 is 19.9 Å². The first-order valence-electron chi connectivity index (χ1n) is 14.2. The Bertz CT molecular complexity index is 1690. The van der Waals surface area contributed by atoms with E-state index in [1.165, 1.54) is 0 Å². The van der Waals surface area contributed by atoms with Gasteiger partial charge in [0.25, 0.3) is 5.91 Å². The van der Waals surface area contributed by atoms with Crippen LogP contribution in [0.5, 0.6) is 0 Å². The van der Waals surface area contributed by atoms with Gasteiger partial charge in [0.15, 0.2) is 0 Å². The Kier molecular flexibility index (Phi) is 11.4. The summed E-state index contributed by atoms with van der Waals surface area (Å²) >= 11 is 1.55. The van der Waals surface area contributed by atoms with Crippen molar-refractivity contribution in [3.8, 4) is 21.7 Å². The lowest BCUT2D eigenvalue weighted by Gasteiger charge is -2.19. The monoisotopic (exact) mass is 636 g/mol. The molecule has 0 aliphatic carbocycles. The number of aryl methyl sites for hydroxylation is 1. The molecule has 0 fully saturated rings. The zero-order chi connectivity index (χ0) is 31.7. The second-order valence-electron chi connectivity index (χ2n) is 10.4. The number of thiazole rings is 1. The molecule has 2 atom stereocenters. The minimum Gasteiger partial charge on any atom is -0.480 e. The summed E-state index contributed by atoms with van der Waals surface area (Å²) in [6, 6.07) is 21.4. The van der Waals surface area contributed by atoms with Gasteiger partial charge in [-0.25, -0.2) is 18.2 Å². The van der Waals surface area contributed by atoms with Crippen LogP contribution in [-0.4, -0.2) is 61.6 Å². The zero-order valence-electron chi connectivity index (χ0n) is 24.9. The van der Waals surface area contributed by atoms with E-state index in [0.29, 0.717) is 18.8 Å². The maximum absolute atomic E-state index is 13.4. The van der Waals surface area contributed by atoms with Gasteiger partial charge in [0.2, 0.25) is 0 Å². The van der Waals surface area contributed by atoms with Crippen molar-refractivity contribution >= 4 is 33.1 Å². The number of nitrogens with zero attached hydrogens (tertiary/aromatic N) is 1. The van der Waals surface area contributed by atoms with Gasteiger partial charge in [-0.3, -0.25) is 4.79 Å². The number of carboxylic acid groups (broad SMARTS) is 1. The molecular weight excluding hydrogens is 601 g/mol. The van der Waals surface area contributed by atoms with Crippen LogP contribution >= 0.6 is 11.3 Å². The Morgan fingerprint density at radius 3 is 2.43 bits per heavy atom. The number of rotatable bonds is 15. The van der Waals surface area contributed by atoms with E-state index in [4.69, 9.17) is 9.47 Å². The van der Waals surface area contributed by atoms with Crippen molar-refractivity contribution in [1.29, 1.82) is 0 Å². The lowest BCUT2D eigenvalue weighted by atomic mass is 9.93. The fourth-order valence-electron chi connectivity index (χ4n) is 4.59. The van der Waals surface area contributed by atoms with E-state index < -0.39 is 27.8 Å². The van der Waals surface area contributed by atoms with E-state index in [0.717, 1.165) is 38.4 Å². The maximum Gasteiger partial charge on any atom is 0.326 e. The first-order chi connectivity index (χ1) is 21.1. The lowest BCUT2D eigenvalue weighted by Crippen LogP contribution is -2.42. The van der Waals surface area contributed by atoms with Crippen LogP contribution in [0.2, 0.25) is 0 Å². The minimum atomic E-state index is -3.41. The number of aromatic nitrogens is 1. The Morgan fingerprint density at radius 1 is 1.02 bits per heavy atom. The van der Waals surface area contributed by atoms with Gasteiger partial charge >= 0.3 is 5.97 Å². The van der Waals surface area contributed by atoms with Crippen molar-refractivity contribution in [3.05, 3.63) is 101 Å². The molecule has 232 valence electrons. The summed E-state index contributed by atoms with van der Waals surface area (Å²) in [5, 5.41) is 13.0. The molecule has 1 amide bonds. The standard InChI is InChI=1S/C33H36N2O7S2/c1-4-41-21-29(30-19-34-32(43-30)24-11-6-5-7-12-24)42-20-23-14-15-26(27(18-23)25-13-9-8-10-22(25)2)31(36)35-28(33(37)38)16-17-44(3,39)40/h5-15,18-19,28-29H,4,16-17,20-21H2,1-3H3,(H,35,36)(H,37,38)/t28-,29-/m0/s1. The van der Waals surface area contributed by atoms with E-state index >= 15 is 0 Å². The Balaban J connectivity index is 1.59. The summed E-state index contributed by atoms with van der Waals surface area (Å²) in [7, 11) is -3.41. The van der Waals surface area contributed by atoms with Gasteiger partial charge in [-0.2, -0.15) is 0 Å². The van der Waals surface area contributed by atoms with Gasteiger partial charge in [-0.15, -0.1) is 11.3 Å². The van der Waals surface area contributed by atoms with Crippen molar-refractivity contribution < 1.29 is 32.6 Å². The number of carbonyl (C=O) groups is 2. The largest absolute Gasteiger partial charge is 0.480 e. The van der Waals surface area contributed by atoms with E-state index in [1.807, 2.05) is 80.7 Å². The van der Waals surface area contributed by atoms with Crippen molar-refractivity contribution in [2.24, 2.45) is 0 Å². The fourth-order valence-corrected chi connectivity index (χ4v) is 6.21. The molecule has 4 aromatic rings. The quantitative estimate of drug-likeness (QED) is 0.170. The molecule has 0 aliphatic rings. The molecule has 0 radical (unpaired) electrons. The average molecular weight is 637 g/mol. The van der Waals surface area contributed by atoms with Crippen LogP contribution in [0.3, 0.4) is 0 Å². The van der Waals surface area contributed by atoms with Crippen LogP contribution in [0.4, 0.5) is 0 Å². The van der Waals surface area contributed by atoms with Crippen molar-refractivity contribution in [2.45, 2.75) is 39.0 Å². The van der Waals surface area contributed by atoms with Gasteiger partial charge in [-0.1, -0.05) is 60.7 Å². The van der Waals surface area contributed by atoms with Crippen molar-refractivity contribution in [2.75, 3.05) is 25.2 Å². The maximum atomic E-state index is 13.4. The molecule has 4 rings (SSSR count). The summed E-state index contributed by atoms with van der Waals surface area (Å²) in [6.45, 7) is 4.96. The highest BCUT2D eigenvalue weighted by Gasteiger charge is 2.25. The summed E-state index contributed by atoms with van der Waals surface area (Å²) in [4.78, 5) is 30.8. The van der Waals surface area contributed by atoms with Crippen LogP contribution in [0.25, 0.3) is 21.7 Å². The average Bonchev–Trinajstić information content (AvgIpc) is 3.49. The molecule has 0 saturated carbocycles. The fraction of sp³-hybridized carbons (Fsp3) is 0.303. The third-order valence-corrected chi connectivity index (χ3v) is 9.05. The number of aliphatic carboxylic acids is 1. The van der Waals surface area contributed by atoms with Crippen LogP contribution in [0, 0.1) is 6.92 Å². The number of amides is 1. The number of benzene rings is 3. The van der Waals surface area contributed by atoms with E-state index in [1.54, 1.807) is 23.5 Å². The normalized spacial score (nSPS) is 12.9. The highest BCUT2D eigenvalue weighted by molar-refractivity contribution is 7.90. The molecule has 0 bridgehead atoms. The molecule has 0 spiro atoms. The SMILES string of the molecule is CCOC[C@H](OCc1ccc(C(=O)N[C@@H](CCS(C)(=O)=O)C(=O)O)c(-c2ccccc2C)c1)c1cnc(-c2ccccc2)s1. The first kappa shape index (κ1) is 33.0. The minimum absolute atomic E-state index is 0.225. The predicted molar refractivity (Wildman–Crippen MR) is 171 cm³/mol. The number of sulfone groups is 1. The topological polar surface area (TPSA) is 132 Å². The molecule has 11 heteroatoms. The van der Waals surface area contributed by atoms with Gasteiger partial charge in [0.1, 0.15) is 27.0 Å². The Labute approximate surface area is 261 Å². The van der Waals surface area contributed by atoms with Gasteiger partial charge in [-0.05, 0) is 54.7 Å². The summed E-state index contributed by atoms with van der Waals surface area (Å²) in [6.07, 6.45) is 2.24. The zero-order valence-corrected chi connectivity index (χ0v) is 26.5. The molecule has 44 heavy (non-hydrogen) atoms. The molecule has 0 unspecified atom stereocenters. The Hall–Kier alpha value is -3.90. The summed E-state index contributed by atoms with van der Waals surface area (Å²) < 4.78 is 35.3. The van der Waals surface area contributed by atoms with E-state index in [9.17, 15) is 23.1 Å². The number of hydrogen-bond donors (Lipinski definition) is 2. The molecule has 3 aromatic carbocycles. The summed E-state index contributed by atoms with van der Waals surface area (Å²) in [5.41, 5.74) is 4.45. The molecule has 2 N–H and O–H groups in total. The smallest absolute Gasteiger partial charge is 0.326 e. The number of ether oxygens (including phenoxy) is 2. The lowest BCUT2D eigenvalue weighted by molar-refractivity contribution is -0.139. The van der Waals surface area contributed by atoms with Gasteiger partial charge in [0, 0.05) is 30.2 Å². The number of carboxylic acids is 1. The second kappa shape index (κ2) is 15.2. The summed E-state index contributed by atoms with van der Waals surface area (Å²) in [5.74, 6) is -2.27. The highest BCUT2D eigenvalue weighted by atomic mass is 32.2. The molecule has 1 aromatic heterocycles. The number of carbonyl (C=O) groups excluding carboxylic acids is 1. The third-order valence-electron chi connectivity index (χ3n) is 6.93. The van der Waals surface area contributed by atoms with Crippen LogP contribution in [0.1, 0.15) is 45.8 Å². The Morgan fingerprint density at radius 2 is 1.75 bits per heavy atom. The van der Waals surface area contributed by atoms with Crippen molar-refractivity contribution in [1.82, 2.24) is 10.3 Å². The second-order valence-corrected chi connectivity index (χ2v) is 13.7. The molecule has 9 nitrogen and oxygen atoms in total. The molecule has 1 heterocycles. The number of hydrogen-bond acceptors (Lipinski definition) is 8.